The molecule has 6 nitrogen and oxygen atoms in total. The molecule has 0 radical (unpaired) electrons. The highest BCUT2D eigenvalue weighted by atomic mass is 16.2. The molecule has 0 unspecified atom stereocenters. The molecule has 0 atom stereocenters. The van der Waals surface area contributed by atoms with Crippen LogP contribution in [0.4, 0.5) is 0 Å². The Bertz CT molecular complexity index is 190. The van der Waals surface area contributed by atoms with Crippen molar-refractivity contribution in [1.82, 2.24) is 0 Å². The van der Waals surface area contributed by atoms with Gasteiger partial charge in [0.1, 0.15) is 0 Å². The third-order valence-electron chi connectivity index (χ3n) is 0.508. The highest BCUT2D eigenvalue weighted by Crippen LogP contribution is 1.66. The van der Waals surface area contributed by atoms with E-state index in [1.54, 1.807) is 0 Å². The Morgan fingerprint density at radius 1 is 0.917 bits per heavy atom. The highest BCUT2D eigenvalue weighted by Gasteiger charge is 1.73. The molecular formula is C6H6N2O4. The minimum Gasteiger partial charge on any atom is -0.295 e. The monoisotopic (exact) mass is 170 g/mol. The summed E-state index contributed by atoms with van der Waals surface area (Å²) in [5, 5.41) is 0. The zero-order valence-electron chi connectivity index (χ0n) is 6.10. The summed E-state index contributed by atoms with van der Waals surface area (Å²) in [5.74, 6) is 0. The van der Waals surface area contributed by atoms with E-state index in [0.717, 1.165) is 0 Å². The van der Waals surface area contributed by atoms with Crippen molar-refractivity contribution in [2.24, 2.45) is 9.98 Å². The Hall–Kier alpha value is -1.90. The normalized spacial score (nSPS) is 6.00. The van der Waals surface area contributed by atoms with Gasteiger partial charge in [0, 0.05) is 0 Å². The lowest BCUT2D eigenvalue weighted by Crippen LogP contribution is -1.82. The molecule has 0 aromatic heterocycles. The first-order valence-electron chi connectivity index (χ1n) is 2.79. The van der Waals surface area contributed by atoms with E-state index in [9.17, 15) is 9.59 Å². The molecule has 0 rings (SSSR count). The topological polar surface area (TPSA) is 93.0 Å². The van der Waals surface area contributed by atoms with E-state index in [4.69, 9.17) is 9.59 Å². The van der Waals surface area contributed by atoms with Gasteiger partial charge in [-0.1, -0.05) is 0 Å². The standard InChI is InChI=1S/C4H4N2O2.C2H2O2/c7-3-5-1-2-6-4-8;3-1-2-4/h1-2H2;1-2H. The average molecular weight is 170 g/mol. The molecule has 0 aliphatic carbocycles. The SMILES string of the molecule is O=C=NCCN=C=O.O=CC=O. The van der Waals surface area contributed by atoms with Crippen molar-refractivity contribution in [1.29, 1.82) is 0 Å². The fourth-order valence-corrected chi connectivity index (χ4v) is 0.191. The van der Waals surface area contributed by atoms with Gasteiger partial charge in [0.25, 0.3) is 0 Å². The van der Waals surface area contributed by atoms with E-state index in [-0.39, 0.29) is 25.7 Å². The molecule has 0 saturated heterocycles. The Kier molecular flexibility index (Phi) is 17.0. The van der Waals surface area contributed by atoms with Gasteiger partial charge in [-0.15, -0.1) is 0 Å². The van der Waals surface area contributed by atoms with Gasteiger partial charge in [-0.05, 0) is 0 Å². The van der Waals surface area contributed by atoms with Crippen molar-refractivity contribution < 1.29 is 19.2 Å². The van der Waals surface area contributed by atoms with E-state index in [1.165, 1.54) is 12.2 Å². The van der Waals surface area contributed by atoms with Crippen LogP contribution in [0, 0.1) is 0 Å². The smallest absolute Gasteiger partial charge is 0.235 e. The average Bonchev–Trinajstić information content (AvgIpc) is 2.13. The first kappa shape index (κ1) is 12.7. The number of isocyanates is 2. The molecule has 64 valence electrons. The number of hydrogen-bond donors (Lipinski definition) is 0. The summed E-state index contributed by atoms with van der Waals surface area (Å²) < 4.78 is 0. The molecule has 0 saturated carbocycles. The number of nitrogens with zero attached hydrogens (tertiary/aromatic N) is 2. The number of carbonyl (C=O) groups is 2. The van der Waals surface area contributed by atoms with Crippen LogP contribution in [0.3, 0.4) is 0 Å². The first-order valence-corrected chi connectivity index (χ1v) is 2.79. The zero-order chi connectivity index (χ0) is 9.66. The quantitative estimate of drug-likeness (QED) is 0.178. The molecule has 0 aromatic carbocycles. The molecule has 0 bridgehead atoms. The second-order valence-corrected chi connectivity index (χ2v) is 1.22. The number of carbonyl (C=O) groups excluding carboxylic acids is 4. The summed E-state index contributed by atoms with van der Waals surface area (Å²) in [7, 11) is 0. The van der Waals surface area contributed by atoms with Gasteiger partial charge in [-0.2, -0.15) is 0 Å². The maximum absolute atomic E-state index is 9.34. The summed E-state index contributed by atoms with van der Waals surface area (Å²) in [6.45, 7) is 0.442. The van der Waals surface area contributed by atoms with Crippen molar-refractivity contribution in [3.05, 3.63) is 0 Å². The predicted octanol–water partition coefficient (Wildman–Crippen LogP) is -0.958. The third kappa shape index (κ3) is 24.3. The molecule has 12 heavy (non-hydrogen) atoms. The second kappa shape index (κ2) is 16.0. The van der Waals surface area contributed by atoms with E-state index in [1.807, 2.05) is 0 Å². The lowest BCUT2D eigenvalue weighted by molar-refractivity contribution is -0.122. The van der Waals surface area contributed by atoms with Crippen LogP contribution in [0.25, 0.3) is 0 Å². The second-order valence-electron chi connectivity index (χ2n) is 1.22. The van der Waals surface area contributed by atoms with Crippen LogP contribution in [0.5, 0.6) is 0 Å². The molecule has 6 heteroatoms. The minimum atomic E-state index is 0.194. The van der Waals surface area contributed by atoms with Gasteiger partial charge >= 0.3 is 0 Å². The van der Waals surface area contributed by atoms with E-state index >= 15 is 0 Å². The molecule has 0 aliphatic heterocycles. The predicted molar refractivity (Wildman–Crippen MR) is 38.1 cm³/mol. The van der Waals surface area contributed by atoms with Gasteiger partial charge in [0.15, 0.2) is 12.6 Å². The van der Waals surface area contributed by atoms with E-state index < -0.39 is 0 Å². The van der Waals surface area contributed by atoms with Crippen LogP contribution >= 0.6 is 0 Å². The van der Waals surface area contributed by atoms with Crippen LogP contribution in [-0.4, -0.2) is 37.8 Å². The van der Waals surface area contributed by atoms with Gasteiger partial charge in [0.2, 0.25) is 12.2 Å². The molecule has 0 aliphatic rings. The summed E-state index contributed by atoms with van der Waals surface area (Å²) in [6, 6.07) is 0. The van der Waals surface area contributed by atoms with Crippen LogP contribution in [0.2, 0.25) is 0 Å². The summed E-state index contributed by atoms with van der Waals surface area (Å²) in [5.41, 5.74) is 0. The summed E-state index contributed by atoms with van der Waals surface area (Å²) in [6.07, 6.45) is 3.01. The molecule has 0 N–H and O–H groups in total. The summed E-state index contributed by atoms with van der Waals surface area (Å²) >= 11 is 0. The van der Waals surface area contributed by atoms with Crippen LogP contribution in [0.15, 0.2) is 9.98 Å². The van der Waals surface area contributed by atoms with Gasteiger partial charge in [-0.3, -0.25) is 9.59 Å². The minimum absolute atomic E-state index is 0.194. The van der Waals surface area contributed by atoms with Gasteiger partial charge in [-0.25, -0.2) is 19.6 Å². The Balaban J connectivity index is 0. The highest BCUT2D eigenvalue weighted by molar-refractivity contribution is 6.09. The van der Waals surface area contributed by atoms with E-state index in [2.05, 4.69) is 9.98 Å². The fourth-order valence-electron chi connectivity index (χ4n) is 0.191. The summed E-state index contributed by atoms with van der Waals surface area (Å²) in [4.78, 5) is 42.5. The van der Waals surface area contributed by atoms with Gasteiger partial charge < -0.3 is 0 Å². The number of hydrogen-bond acceptors (Lipinski definition) is 6. The number of rotatable bonds is 4. The first-order chi connectivity index (χ1) is 5.83. The molecule has 0 spiro atoms. The molecular weight excluding hydrogens is 164 g/mol. The third-order valence-corrected chi connectivity index (χ3v) is 0.508. The van der Waals surface area contributed by atoms with Crippen LogP contribution in [-0.2, 0) is 19.2 Å². The Labute approximate surface area is 68.0 Å². The van der Waals surface area contributed by atoms with Crippen LogP contribution < -0.4 is 0 Å². The van der Waals surface area contributed by atoms with Crippen molar-refractivity contribution in [2.75, 3.05) is 13.1 Å². The fraction of sp³-hybridized carbons (Fsp3) is 0.333. The van der Waals surface area contributed by atoms with Crippen molar-refractivity contribution in [3.8, 4) is 0 Å². The number of aldehydes is 2. The maximum Gasteiger partial charge on any atom is 0.235 e. The maximum atomic E-state index is 9.34. The largest absolute Gasteiger partial charge is 0.295 e. The van der Waals surface area contributed by atoms with E-state index in [0.29, 0.717) is 0 Å². The molecule has 0 heterocycles. The zero-order valence-corrected chi connectivity index (χ0v) is 6.10. The van der Waals surface area contributed by atoms with Crippen LogP contribution in [0.1, 0.15) is 0 Å². The molecule has 0 aromatic rings. The Morgan fingerprint density at radius 3 is 1.42 bits per heavy atom. The van der Waals surface area contributed by atoms with Crippen molar-refractivity contribution in [3.63, 3.8) is 0 Å². The lowest BCUT2D eigenvalue weighted by atomic mass is 10.7. The molecule has 0 fully saturated rings. The molecule has 0 amide bonds. The van der Waals surface area contributed by atoms with Crippen molar-refractivity contribution >= 4 is 24.7 Å². The van der Waals surface area contributed by atoms with Crippen molar-refractivity contribution in [2.45, 2.75) is 0 Å². The lowest BCUT2D eigenvalue weighted by Gasteiger charge is -1.74. The number of aliphatic imine (C=N–C) groups is 2. The van der Waals surface area contributed by atoms with Gasteiger partial charge in [0.05, 0.1) is 13.1 Å². The Morgan fingerprint density at radius 2 is 1.25 bits per heavy atom.